The number of oxime groups is 1. The molecular formula is C10H17N3OS. The van der Waals surface area contributed by atoms with E-state index in [4.69, 9.17) is 10.9 Å². The van der Waals surface area contributed by atoms with Crippen molar-refractivity contribution < 1.29 is 5.21 Å². The van der Waals surface area contributed by atoms with Crippen LogP contribution in [0.15, 0.2) is 22.0 Å². The summed E-state index contributed by atoms with van der Waals surface area (Å²) in [5, 5.41) is 15.5. The molecule has 0 unspecified atom stereocenters. The topological polar surface area (TPSA) is 61.8 Å². The molecule has 0 saturated heterocycles. The van der Waals surface area contributed by atoms with Crippen LogP contribution in [0.1, 0.15) is 18.4 Å². The highest BCUT2D eigenvalue weighted by molar-refractivity contribution is 7.07. The van der Waals surface area contributed by atoms with E-state index in [1.54, 1.807) is 11.3 Å². The van der Waals surface area contributed by atoms with Crippen molar-refractivity contribution in [3.05, 3.63) is 22.4 Å². The van der Waals surface area contributed by atoms with E-state index in [1.165, 1.54) is 5.56 Å². The molecule has 1 aromatic heterocycles. The van der Waals surface area contributed by atoms with E-state index in [2.05, 4.69) is 33.9 Å². The van der Waals surface area contributed by atoms with Crippen molar-refractivity contribution in [3.8, 4) is 0 Å². The van der Waals surface area contributed by atoms with Gasteiger partial charge in [-0.2, -0.15) is 11.3 Å². The fourth-order valence-electron chi connectivity index (χ4n) is 1.35. The Morgan fingerprint density at radius 3 is 3.07 bits per heavy atom. The normalized spacial score (nSPS) is 12.3. The van der Waals surface area contributed by atoms with Gasteiger partial charge in [0.2, 0.25) is 0 Å². The Labute approximate surface area is 94.0 Å². The van der Waals surface area contributed by atoms with Crippen LogP contribution in [0.4, 0.5) is 0 Å². The summed E-state index contributed by atoms with van der Waals surface area (Å²) in [4.78, 5) is 2.23. The van der Waals surface area contributed by atoms with Crippen LogP contribution in [0.3, 0.4) is 0 Å². The van der Waals surface area contributed by atoms with Gasteiger partial charge in [-0.05, 0) is 42.4 Å². The monoisotopic (exact) mass is 227 g/mol. The first kappa shape index (κ1) is 12.0. The van der Waals surface area contributed by atoms with Gasteiger partial charge in [-0.1, -0.05) is 5.16 Å². The second kappa shape index (κ2) is 6.42. The predicted octanol–water partition coefficient (Wildman–Crippen LogP) is 1.71. The van der Waals surface area contributed by atoms with Crippen molar-refractivity contribution >= 4 is 17.2 Å². The highest BCUT2D eigenvalue weighted by Crippen LogP contribution is 2.08. The first-order chi connectivity index (χ1) is 7.22. The lowest BCUT2D eigenvalue weighted by Crippen LogP contribution is -2.21. The Balaban J connectivity index is 2.17. The van der Waals surface area contributed by atoms with Gasteiger partial charge in [0, 0.05) is 13.0 Å². The van der Waals surface area contributed by atoms with Gasteiger partial charge in [-0.25, -0.2) is 0 Å². The fraction of sp³-hybridized carbons (Fsp3) is 0.500. The zero-order chi connectivity index (χ0) is 11.1. The minimum absolute atomic E-state index is 0.305. The van der Waals surface area contributed by atoms with E-state index in [1.807, 2.05) is 0 Å². The summed E-state index contributed by atoms with van der Waals surface area (Å²) < 4.78 is 0. The van der Waals surface area contributed by atoms with Crippen molar-refractivity contribution in [1.82, 2.24) is 4.90 Å². The molecule has 84 valence electrons. The van der Waals surface area contributed by atoms with Crippen molar-refractivity contribution in [2.75, 3.05) is 13.6 Å². The molecule has 5 heteroatoms. The summed E-state index contributed by atoms with van der Waals surface area (Å²) in [6.45, 7) is 1.91. The van der Waals surface area contributed by atoms with Crippen LogP contribution in [0.2, 0.25) is 0 Å². The summed E-state index contributed by atoms with van der Waals surface area (Å²) in [7, 11) is 2.07. The number of nitrogens with zero attached hydrogens (tertiary/aromatic N) is 2. The van der Waals surface area contributed by atoms with Gasteiger partial charge in [0.1, 0.15) is 5.84 Å². The van der Waals surface area contributed by atoms with Crippen LogP contribution in [0.5, 0.6) is 0 Å². The maximum absolute atomic E-state index is 8.36. The summed E-state index contributed by atoms with van der Waals surface area (Å²) in [6.07, 6.45) is 1.56. The molecule has 0 saturated carbocycles. The van der Waals surface area contributed by atoms with E-state index < -0.39 is 0 Å². The summed E-state index contributed by atoms with van der Waals surface area (Å²) in [6, 6.07) is 2.13. The highest BCUT2D eigenvalue weighted by Gasteiger charge is 2.01. The largest absolute Gasteiger partial charge is 0.409 e. The molecule has 0 amide bonds. The molecule has 15 heavy (non-hydrogen) atoms. The van der Waals surface area contributed by atoms with Crippen molar-refractivity contribution in [2.24, 2.45) is 10.9 Å². The number of hydrogen-bond donors (Lipinski definition) is 2. The second-order valence-corrected chi connectivity index (χ2v) is 4.34. The number of hydrogen-bond acceptors (Lipinski definition) is 4. The van der Waals surface area contributed by atoms with Crippen LogP contribution in [-0.2, 0) is 6.54 Å². The summed E-state index contributed by atoms with van der Waals surface area (Å²) in [5.74, 6) is 0.305. The molecule has 0 fully saturated rings. The van der Waals surface area contributed by atoms with Gasteiger partial charge in [0.15, 0.2) is 0 Å². The lowest BCUT2D eigenvalue weighted by atomic mass is 10.2. The Hall–Kier alpha value is -1.07. The van der Waals surface area contributed by atoms with Crippen LogP contribution in [0, 0.1) is 0 Å². The predicted molar refractivity (Wildman–Crippen MR) is 63.3 cm³/mol. The van der Waals surface area contributed by atoms with Gasteiger partial charge in [-0.15, -0.1) is 0 Å². The Morgan fingerprint density at radius 2 is 2.47 bits per heavy atom. The molecule has 0 radical (unpaired) electrons. The maximum atomic E-state index is 8.36. The van der Waals surface area contributed by atoms with Gasteiger partial charge in [-0.3, -0.25) is 0 Å². The Kier molecular flexibility index (Phi) is 5.14. The van der Waals surface area contributed by atoms with Crippen LogP contribution >= 0.6 is 11.3 Å². The molecule has 1 heterocycles. The molecule has 0 aromatic carbocycles. The number of thiophene rings is 1. The molecule has 1 rings (SSSR count). The zero-order valence-corrected chi connectivity index (χ0v) is 9.70. The first-order valence-corrected chi connectivity index (χ1v) is 5.82. The van der Waals surface area contributed by atoms with E-state index in [0.717, 1.165) is 19.5 Å². The zero-order valence-electron chi connectivity index (χ0n) is 8.89. The minimum atomic E-state index is 0.305. The number of amidine groups is 1. The van der Waals surface area contributed by atoms with E-state index in [0.29, 0.717) is 12.3 Å². The lowest BCUT2D eigenvalue weighted by molar-refractivity contribution is 0.311. The molecule has 0 atom stereocenters. The van der Waals surface area contributed by atoms with Crippen LogP contribution in [-0.4, -0.2) is 29.5 Å². The van der Waals surface area contributed by atoms with E-state index >= 15 is 0 Å². The third-order valence-corrected chi connectivity index (χ3v) is 2.87. The average Bonchev–Trinajstić information content (AvgIpc) is 2.70. The first-order valence-electron chi connectivity index (χ1n) is 4.88. The molecule has 0 aliphatic rings. The van der Waals surface area contributed by atoms with E-state index in [-0.39, 0.29) is 0 Å². The standard InChI is InChI=1S/C10H17N3OS/c1-13(5-2-3-10(11)12-14)7-9-4-6-15-8-9/h4,6,8,14H,2-3,5,7H2,1H3,(H2,11,12). The third-order valence-electron chi connectivity index (χ3n) is 2.13. The summed E-state index contributed by atoms with van der Waals surface area (Å²) in [5.41, 5.74) is 6.72. The molecule has 4 nitrogen and oxygen atoms in total. The Bertz CT molecular complexity index is 298. The molecule has 0 aliphatic carbocycles. The number of rotatable bonds is 6. The van der Waals surface area contributed by atoms with Crippen molar-refractivity contribution in [3.63, 3.8) is 0 Å². The molecular weight excluding hydrogens is 210 g/mol. The molecule has 0 bridgehead atoms. The molecule has 1 aromatic rings. The summed E-state index contributed by atoms with van der Waals surface area (Å²) >= 11 is 1.72. The van der Waals surface area contributed by atoms with Crippen molar-refractivity contribution in [1.29, 1.82) is 0 Å². The van der Waals surface area contributed by atoms with Crippen LogP contribution in [0.25, 0.3) is 0 Å². The molecule has 0 aliphatic heterocycles. The van der Waals surface area contributed by atoms with Gasteiger partial charge in [0.05, 0.1) is 0 Å². The lowest BCUT2D eigenvalue weighted by Gasteiger charge is -2.15. The van der Waals surface area contributed by atoms with Gasteiger partial charge in [0.25, 0.3) is 0 Å². The smallest absolute Gasteiger partial charge is 0.139 e. The molecule has 3 N–H and O–H groups in total. The molecule has 0 spiro atoms. The SMILES string of the molecule is CN(CCC/C(N)=N/O)Cc1ccsc1. The van der Waals surface area contributed by atoms with Crippen LogP contribution < -0.4 is 5.73 Å². The number of nitrogens with two attached hydrogens (primary N) is 1. The quantitative estimate of drug-likeness (QED) is 0.336. The Morgan fingerprint density at radius 1 is 1.67 bits per heavy atom. The second-order valence-electron chi connectivity index (χ2n) is 3.56. The van der Waals surface area contributed by atoms with Gasteiger partial charge < -0.3 is 15.8 Å². The van der Waals surface area contributed by atoms with E-state index in [9.17, 15) is 0 Å². The fourth-order valence-corrected chi connectivity index (χ4v) is 2.01. The average molecular weight is 227 g/mol. The van der Waals surface area contributed by atoms with Gasteiger partial charge >= 0.3 is 0 Å². The minimum Gasteiger partial charge on any atom is -0.409 e. The maximum Gasteiger partial charge on any atom is 0.139 e. The third kappa shape index (κ3) is 4.80. The highest BCUT2D eigenvalue weighted by atomic mass is 32.1. The van der Waals surface area contributed by atoms with Crippen molar-refractivity contribution in [2.45, 2.75) is 19.4 Å².